The summed E-state index contributed by atoms with van der Waals surface area (Å²) in [5.41, 5.74) is 6.47. The molecule has 6 heteroatoms. The van der Waals surface area contributed by atoms with Gasteiger partial charge in [-0.05, 0) is 15.8 Å². The van der Waals surface area contributed by atoms with Crippen molar-refractivity contribution in [2.75, 3.05) is 0 Å². The minimum atomic E-state index is -0.470. The quantitative estimate of drug-likeness (QED) is 0.592. The maximum Gasteiger partial charge on any atom is 0.384 e. The van der Waals surface area contributed by atoms with Crippen molar-refractivity contribution in [1.82, 2.24) is 9.55 Å². The molecule has 0 radical (unpaired) electrons. The van der Waals surface area contributed by atoms with Gasteiger partial charge in [-0.1, -0.05) is 13.8 Å². The summed E-state index contributed by atoms with van der Waals surface area (Å²) in [4.78, 5) is 13.9. The number of aryl methyl sites for hydroxylation is 1. The van der Waals surface area contributed by atoms with Crippen molar-refractivity contribution < 1.29 is 4.92 Å². The molecule has 2 N–H and O–H groups in total. The molecule has 1 atom stereocenters. The summed E-state index contributed by atoms with van der Waals surface area (Å²) in [6.45, 7) is 3.99. The minimum absolute atomic E-state index is 0.0842. The van der Waals surface area contributed by atoms with Gasteiger partial charge in [0.2, 0.25) is 6.33 Å². The molecule has 0 aliphatic heterocycles. The largest absolute Gasteiger partial charge is 0.384 e. The Bertz CT molecular complexity index is 359. The third-order valence-electron chi connectivity index (χ3n) is 2.50. The van der Waals surface area contributed by atoms with Gasteiger partial charge in [-0.3, -0.25) is 0 Å². The lowest BCUT2D eigenvalue weighted by Gasteiger charge is -2.14. The van der Waals surface area contributed by atoms with Gasteiger partial charge in [-0.25, -0.2) is 0 Å². The highest BCUT2D eigenvalue weighted by atomic mass is 16.6. The molecular weight excluding hydrogens is 196 g/mol. The number of nitrogens with zero attached hydrogens (tertiary/aromatic N) is 3. The van der Waals surface area contributed by atoms with Crippen molar-refractivity contribution in [1.29, 1.82) is 0 Å². The van der Waals surface area contributed by atoms with Crippen LogP contribution in [0.2, 0.25) is 0 Å². The maximum absolute atomic E-state index is 10.7. The minimum Gasteiger partial charge on any atom is -0.358 e. The highest BCUT2D eigenvalue weighted by Gasteiger charge is 2.22. The Morgan fingerprint density at radius 1 is 1.67 bits per heavy atom. The maximum atomic E-state index is 10.7. The average molecular weight is 212 g/mol. The second kappa shape index (κ2) is 4.39. The van der Waals surface area contributed by atoms with E-state index in [4.69, 9.17) is 5.73 Å². The van der Waals surface area contributed by atoms with Gasteiger partial charge in [0, 0.05) is 19.5 Å². The fraction of sp³-hybridized carbons (Fsp3) is 0.667. The van der Waals surface area contributed by atoms with Crippen LogP contribution in [0.4, 0.5) is 5.82 Å². The first-order valence-electron chi connectivity index (χ1n) is 4.83. The molecule has 0 bridgehead atoms. The number of rotatable bonds is 4. The van der Waals surface area contributed by atoms with Crippen LogP contribution in [-0.2, 0) is 13.5 Å². The molecule has 15 heavy (non-hydrogen) atoms. The molecule has 0 aliphatic rings. The normalized spacial score (nSPS) is 13.1. The Labute approximate surface area is 88.3 Å². The third-order valence-corrected chi connectivity index (χ3v) is 2.50. The Kier molecular flexibility index (Phi) is 3.41. The predicted octanol–water partition coefficient (Wildman–Crippen LogP) is 0.854. The van der Waals surface area contributed by atoms with Crippen LogP contribution in [0.3, 0.4) is 0 Å². The summed E-state index contributed by atoms with van der Waals surface area (Å²) in [5, 5.41) is 10.7. The van der Waals surface area contributed by atoms with Crippen LogP contribution >= 0.6 is 0 Å². The molecule has 84 valence electrons. The van der Waals surface area contributed by atoms with Crippen molar-refractivity contribution in [3.8, 4) is 0 Å². The summed E-state index contributed by atoms with van der Waals surface area (Å²) in [7, 11) is 1.74. The molecule has 6 nitrogen and oxygen atoms in total. The van der Waals surface area contributed by atoms with Crippen LogP contribution in [-0.4, -0.2) is 20.5 Å². The molecule has 1 heterocycles. The standard InChI is InChI=1S/C9H16N4O2/c1-6(2)7(10)4-8-9(13(14)15)11-5-12(8)3/h5-7H,4,10H2,1-3H3. The van der Waals surface area contributed by atoms with Crippen LogP contribution < -0.4 is 5.73 Å². The lowest BCUT2D eigenvalue weighted by molar-refractivity contribution is -0.390. The smallest absolute Gasteiger partial charge is 0.358 e. The average Bonchev–Trinajstić information content (AvgIpc) is 2.48. The van der Waals surface area contributed by atoms with Gasteiger partial charge in [0.15, 0.2) is 0 Å². The molecule has 1 aromatic rings. The van der Waals surface area contributed by atoms with E-state index in [2.05, 4.69) is 4.98 Å². The Hall–Kier alpha value is -1.43. The highest BCUT2D eigenvalue weighted by Crippen LogP contribution is 2.18. The number of nitrogens with two attached hydrogens (primary N) is 1. The topological polar surface area (TPSA) is 87.0 Å². The van der Waals surface area contributed by atoms with E-state index in [9.17, 15) is 10.1 Å². The van der Waals surface area contributed by atoms with E-state index in [-0.39, 0.29) is 11.9 Å². The molecule has 0 aliphatic carbocycles. The van der Waals surface area contributed by atoms with Crippen molar-refractivity contribution >= 4 is 5.82 Å². The van der Waals surface area contributed by atoms with E-state index >= 15 is 0 Å². The predicted molar refractivity (Wildman–Crippen MR) is 56.4 cm³/mol. The molecule has 0 fully saturated rings. The van der Waals surface area contributed by atoms with E-state index in [1.54, 1.807) is 11.6 Å². The monoisotopic (exact) mass is 212 g/mol. The van der Waals surface area contributed by atoms with Crippen LogP contribution in [0.15, 0.2) is 6.33 Å². The second-order valence-corrected chi connectivity index (χ2v) is 3.99. The first-order chi connectivity index (χ1) is 6.93. The fourth-order valence-electron chi connectivity index (χ4n) is 1.29. The number of nitro groups is 1. The number of hydrogen-bond donors (Lipinski definition) is 1. The van der Waals surface area contributed by atoms with Crippen LogP contribution in [0.1, 0.15) is 19.5 Å². The molecule has 0 saturated carbocycles. The second-order valence-electron chi connectivity index (χ2n) is 3.99. The molecule has 0 spiro atoms. The Morgan fingerprint density at radius 2 is 2.27 bits per heavy atom. The van der Waals surface area contributed by atoms with Gasteiger partial charge in [0.25, 0.3) is 0 Å². The molecule has 0 saturated heterocycles. The summed E-state index contributed by atoms with van der Waals surface area (Å²) in [5.74, 6) is 0.202. The SMILES string of the molecule is CC(C)C(N)Cc1c([N+](=O)[O-])ncn1C. The molecule has 1 aromatic heterocycles. The van der Waals surface area contributed by atoms with E-state index in [1.807, 2.05) is 13.8 Å². The summed E-state index contributed by atoms with van der Waals surface area (Å²) in [6.07, 6.45) is 1.92. The van der Waals surface area contributed by atoms with Gasteiger partial charge >= 0.3 is 5.82 Å². The summed E-state index contributed by atoms with van der Waals surface area (Å²) in [6, 6.07) is -0.0842. The van der Waals surface area contributed by atoms with Crippen LogP contribution in [0.25, 0.3) is 0 Å². The zero-order valence-electron chi connectivity index (χ0n) is 9.17. The van der Waals surface area contributed by atoms with Crippen molar-refractivity contribution in [3.05, 3.63) is 22.1 Å². The number of hydrogen-bond acceptors (Lipinski definition) is 4. The van der Waals surface area contributed by atoms with Crippen molar-refractivity contribution in [3.63, 3.8) is 0 Å². The molecule has 1 unspecified atom stereocenters. The van der Waals surface area contributed by atoms with Gasteiger partial charge in [0.05, 0.1) is 0 Å². The molecule has 0 amide bonds. The third kappa shape index (κ3) is 2.53. The zero-order chi connectivity index (χ0) is 11.6. The molecular formula is C9H16N4O2. The number of aromatic nitrogens is 2. The Morgan fingerprint density at radius 3 is 2.73 bits per heavy atom. The van der Waals surface area contributed by atoms with Crippen LogP contribution in [0, 0.1) is 16.0 Å². The first kappa shape index (κ1) is 11.6. The summed E-state index contributed by atoms with van der Waals surface area (Å²) >= 11 is 0. The van der Waals surface area contributed by atoms with Gasteiger partial charge in [-0.2, -0.15) is 0 Å². The molecule has 0 aromatic carbocycles. The Balaban J connectivity index is 2.92. The van der Waals surface area contributed by atoms with Gasteiger partial charge in [-0.15, -0.1) is 0 Å². The van der Waals surface area contributed by atoms with Gasteiger partial charge in [0.1, 0.15) is 5.69 Å². The zero-order valence-corrected chi connectivity index (χ0v) is 9.17. The van der Waals surface area contributed by atoms with Crippen LogP contribution in [0.5, 0.6) is 0 Å². The summed E-state index contributed by atoms with van der Waals surface area (Å²) < 4.78 is 1.65. The highest BCUT2D eigenvalue weighted by molar-refractivity contribution is 5.27. The van der Waals surface area contributed by atoms with E-state index in [0.717, 1.165) is 0 Å². The molecule has 1 rings (SSSR count). The lowest BCUT2D eigenvalue weighted by Crippen LogP contribution is -2.29. The van der Waals surface area contributed by atoms with Crippen molar-refractivity contribution in [2.45, 2.75) is 26.3 Å². The van der Waals surface area contributed by atoms with Crippen molar-refractivity contribution in [2.24, 2.45) is 18.7 Å². The lowest BCUT2D eigenvalue weighted by atomic mass is 10.0. The van der Waals surface area contributed by atoms with E-state index in [0.29, 0.717) is 18.0 Å². The van der Waals surface area contributed by atoms with E-state index < -0.39 is 4.92 Å². The van der Waals surface area contributed by atoms with E-state index in [1.165, 1.54) is 6.33 Å². The number of imidazole rings is 1. The van der Waals surface area contributed by atoms with Gasteiger partial charge < -0.3 is 20.4 Å². The fourth-order valence-corrected chi connectivity index (χ4v) is 1.29. The first-order valence-corrected chi connectivity index (χ1v) is 4.83.